The molecule has 4 rings (SSSR count). The zero-order chi connectivity index (χ0) is 18.5. The van der Waals surface area contributed by atoms with Gasteiger partial charge in [-0.3, -0.25) is 0 Å². The molecule has 2 aromatic rings. The van der Waals surface area contributed by atoms with Crippen molar-refractivity contribution < 1.29 is 5.48 Å². The van der Waals surface area contributed by atoms with Gasteiger partial charge >= 0.3 is 0 Å². The first kappa shape index (κ1) is 28.5. The van der Waals surface area contributed by atoms with Gasteiger partial charge in [0.05, 0.1) is 0 Å². The van der Waals surface area contributed by atoms with Crippen LogP contribution in [0.15, 0.2) is 36.4 Å². The van der Waals surface area contributed by atoms with Crippen molar-refractivity contribution in [3.8, 4) is 0 Å². The molecule has 0 bridgehead atoms. The highest BCUT2D eigenvalue weighted by atomic mass is 35.5. The van der Waals surface area contributed by atoms with Crippen LogP contribution in [0.1, 0.15) is 47.9 Å². The van der Waals surface area contributed by atoms with Crippen LogP contribution in [0.4, 0.5) is 0 Å². The molecular formula is C22H32Cl4N2O. The van der Waals surface area contributed by atoms with E-state index in [1.807, 2.05) is 12.1 Å². The van der Waals surface area contributed by atoms with Crippen molar-refractivity contribution in [2.24, 2.45) is 0 Å². The lowest BCUT2D eigenvalue weighted by Crippen LogP contribution is -2.18. The summed E-state index contributed by atoms with van der Waals surface area (Å²) in [6, 6.07) is 12.5. The lowest BCUT2D eigenvalue weighted by molar-refractivity contribution is 0.644. The molecule has 0 radical (unpaired) electrons. The van der Waals surface area contributed by atoms with Gasteiger partial charge in [-0.15, -0.1) is 24.8 Å². The van der Waals surface area contributed by atoms with E-state index in [9.17, 15) is 0 Å². The van der Waals surface area contributed by atoms with Gasteiger partial charge in [0, 0.05) is 23.1 Å². The summed E-state index contributed by atoms with van der Waals surface area (Å²) in [7, 11) is 0. The van der Waals surface area contributed by atoms with E-state index in [1.165, 1.54) is 22.3 Å². The number of fused-ring (bicyclic) bond motifs is 2. The smallest absolute Gasteiger partial charge is 0.0409 e. The number of nitrogens with one attached hydrogen (secondary N) is 2. The highest BCUT2D eigenvalue weighted by Gasteiger charge is 2.15. The monoisotopic (exact) mass is 480 g/mol. The standard InChI is InChI=1S/2C11H14ClN.2ClH.H2O/c2*1-8-7-13-5-4-9-2-3-10(12)6-11(8)9;;;/h2*2-3,6,8,13H,4-5,7H2,1H3;2*1H;1H2/t8-;;;;/m0..../s1. The maximum absolute atomic E-state index is 5.97. The molecule has 0 aliphatic carbocycles. The van der Waals surface area contributed by atoms with Crippen LogP contribution >= 0.6 is 48.0 Å². The van der Waals surface area contributed by atoms with Crippen LogP contribution in [0.5, 0.6) is 0 Å². The third-order valence-electron chi connectivity index (χ3n) is 5.32. The molecule has 0 aromatic heterocycles. The summed E-state index contributed by atoms with van der Waals surface area (Å²) in [6.07, 6.45) is 2.24. The van der Waals surface area contributed by atoms with Crippen LogP contribution < -0.4 is 10.6 Å². The predicted molar refractivity (Wildman–Crippen MR) is 131 cm³/mol. The van der Waals surface area contributed by atoms with E-state index in [4.69, 9.17) is 23.2 Å². The Bertz CT molecular complexity index is 694. The quantitative estimate of drug-likeness (QED) is 0.543. The molecule has 29 heavy (non-hydrogen) atoms. The van der Waals surface area contributed by atoms with Gasteiger partial charge in [-0.25, -0.2) is 0 Å². The Morgan fingerprint density at radius 2 is 1.10 bits per heavy atom. The van der Waals surface area contributed by atoms with E-state index < -0.39 is 0 Å². The first-order chi connectivity index (χ1) is 12.5. The fourth-order valence-corrected chi connectivity index (χ4v) is 4.17. The van der Waals surface area contributed by atoms with Crippen molar-refractivity contribution in [2.75, 3.05) is 26.2 Å². The summed E-state index contributed by atoms with van der Waals surface area (Å²) in [4.78, 5) is 0. The summed E-state index contributed by atoms with van der Waals surface area (Å²) < 4.78 is 0. The minimum atomic E-state index is 0. The van der Waals surface area contributed by atoms with E-state index >= 15 is 0 Å². The van der Waals surface area contributed by atoms with Crippen molar-refractivity contribution in [2.45, 2.75) is 38.5 Å². The van der Waals surface area contributed by atoms with Crippen LogP contribution in [0.25, 0.3) is 0 Å². The second kappa shape index (κ2) is 13.7. The molecule has 164 valence electrons. The SMILES string of the molecule is CC1CNCCc2ccc(Cl)cc21.C[C@H]1CNCCc2ccc(Cl)cc21.Cl.Cl.O. The predicted octanol–water partition coefficient (Wildman–Crippen LogP) is 5.20. The molecule has 2 aliphatic heterocycles. The third kappa shape index (κ3) is 7.91. The van der Waals surface area contributed by atoms with Gasteiger partial charge in [0.25, 0.3) is 0 Å². The Labute approximate surface area is 197 Å². The van der Waals surface area contributed by atoms with Crippen molar-refractivity contribution in [1.82, 2.24) is 10.6 Å². The molecule has 2 aliphatic rings. The van der Waals surface area contributed by atoms with Crippen LogP contribution in [0.2, 0.25) is 10.0 Å². The average molecular weight is 482 g/mol. The largest absolute Gasteiger partial charge is 0.412 e. The van der Waals surface area contributed by atoms with E-state index in [2.05, 4.69) is 48.7 Å². The first-order valence-corrected chi connectivity index (χ1v) is 10.3. The maximum Gasteiger partial charge on any atom is 0.0409 e. The molecular weight excluding hydrogens is 450 g/mol. The lowest BCUT2D eigenvalue weighted by atomic mass is 9.96. The van der Waals surface area contributed by atoms with Crippen molar-refractivity contribution >= 4 is 48.0 Å². The van der Waals surface area contributed by atoms with E-state index in [0.717, 1.165) is 49.1 Å². The summed E-state index contributed by atoms with van der Waals surface area (Å²) in [5.41, 5.74) is 5.72. The third-order valence-corrected chi connectivity index (χ3v) is 5.79. The molecule has 1 unspecified atom stereocenters. The van der Waals surface area contributed by atoms with Gasteiger partial charge in [0.1, 0.15) is 0 Å². The molecule has 0 spiro atoms. The van der Waals surface area contributed by atoms with Crippen LogP contribution in [-0.4, -0.2) is 31.7 Å². The van der Waals surface area contributed by atoms with E-state index in [-0.39, 0.29) is 30.3 Å². The second-order valence-corrected chi connectivity index (χ2v) is 8.27. The fourth-order valence-electron chi connectivity index (χ4n) is 3.81. The second-order valence-electron chi connectivity index (χ2n) is 7.40. The summed E-state index contributed by atoms with van der Waals surface area (Å²) >= 11 is 11.9. The highest BCUT2D eigenvalue weighted by Crippen LogP contribution is 2.26. The number of rotatable bonds is 0. The molecule has 2 heterocycles. The zero-order valence-electron chi connectivity index (χ0n) is 16.9. The van der Waals surface area contributed by atoms with Crippen molar-refractivity contribution in [1.29, 1.82) is 0 Å². The van der Waals surface area contributed by atoms with Gasteiger partial charge in [0.2, 0.25) is 0 Å². The molecule has 2 atom stereocenters. The topological polar surface area (TPSA) is 55.6 Å². The average Bonchev–Trinajstić information content (AvgIpc) is 2.92. The Morgan fingerprint density at radius 3 is 1.48 bits per heavy atom. The summed E-state index contributed by atoms with van der Waals surface area (Å²) in [6.45, 7) is 8.78. The lowest BCUT2D eigenvalue weighted by Gasteiger charge is -2.11. The molecule has 4 N–H and O–H groups in total. The Hall–Kier alpha value is -0.520. The number of hydrogen-bond donors (Lipinski definition) is 2. The zero-order valence-corrected chi connectivity index (χ0v) is 20.1. The van der Waals surface area contributed by atoms with E-state index in [0.29, 0.717) is 11.8 Å². The van der Waals surface area contributed by atoms with Gasteiger partial charge in [-0.05, 0) is 84.3 Å². The minimum Gasteiger partial charge on any atom is -0.412 e. The molecule has 0 saturated carbocycles. The van der Waals surface area contributed by atoms with Crippen molar-refractivity contribution in [3.63, 3.8) is 0 Å². The molecule has 0 saturated heterocycles. The first-order valence-electron chi connectivity index (χ1n) is 9.52. The van der Waals surface area contributed by atoms with Gasteiger partial charge in [-0.2, -0.15) is 0 Å². The molecule has 0 amide bonds. The normalized spacial score (nSPS) is 19.9. The van der Waals surface area contributed by atoms with Crippen LogP contribution in [0, 0.1) is 0 Å². The molecule has 7 heteroatoms. The van der Waals surface area contributed by atoms with Crippen LogP contribution in [-0.2, 0) is 12.8 Å². The molecule has 2 aromatic carbocycles. The number of benzene rings is 2. The molecule has 3 nitrogen and oxygen atoms in total. The Morgan fingerprint density at radius 1 is 0.724 bits per heavy atom. The highest BCUT2D eigenvalue weighted by molar-refractivity contribution is 6.30. The Balaban J connectivity index is 0.000000490. The summed E-state index contributed by atoms with van der Waals surface area (Å²) in [5, 5.41) is 8.55. The maximum atomic E-state index is 5.97. The fraction of sp³-hybridized carbons (Fsp3) is 0.455. The van der Waals surface area contributed by atoms with Gasteiger partial charge in [-0.1, -0.05) is 49.2 Å². The minimum absolute atomic E-state index is 0. The summed E-state index contributed by atoms with van der Waals surface area (Å²) in [5.74, 6) is 1.16. The van der Waals surface area contributed by atoms with Gasteiger partial charge < -0.3 is 16.1 Å². The Kier molecular flexibility index (Phi) is 13.5. The van der Waals surface area contributed by atoms with Crippen LogP contribution in [0.3, 0.4) is 0 Å². The molecule has 0 fully saturated rings. The number of halogens is 4. The van der Waals surface area contributed by atoms with Crippen molar-refractivity contribution in [3.05, 3.63) is 68.7 Å². The van der Waals surface area contributed by atoms with E-state index in [1.54, 1.807) is 0 Å². The van der Waals surface area contributed by atoms with Gasteiger partial charge in [0.15, 0.2) is 0 Å². The number of hydrogen-bond acceptors (Lipinski definition) is 2.